The van der Waals surface area contributed by atoms with E-state index in [4.69, 9.17) is 16.3 Å². The number of nitrogens with zero attached hydrogens (tertiary/aromatic N) is 1. The van der Waals surface area contributed by atoms with E-state index < -0.39 is 17.7 Å². The summed E-state index contributed by atoms with van der Waals surface area (Å²) < 4.78 is 19.5. The summed E-state index contributed by atoms with van der Waals surface area (Å²) in [6.07, 6.45) is 3.76. The van der Waals surface area contributed by atoms with Crippen molar-refractivity contribution >= 4 is 34.9 Å². The zero-order chi connectivity index (χ0) is 21.5. The lowest BCUT2D eigenvalue weighted by molar-refractivity contribution is -0.129. The molecule has 1 saturated heterocycles. The van der Waals surface area contributed by atoms with Gasteiger partial charge in [-0.3, -0.25) is 4.79 Å². The van der Waals surface area contributed by atoms with Gasteiger partial charge in [-0.1, -0.05) is 29.8 Å². The van der Waals surface area contributed by atoms with E-state index in [1.807, 2.05) is 13.1 Å². The number of likely N-dealkylation sites (tertiary alicyclic amines) is 1. The number of anilines is 2. The molecule has 1 heterocycles. The molecular weight excluding hydrogens is 409 g/mol. The molecule has 2 N–H and O–H groups in total. The van der Waals surface area contributed by atoms with Gasteiger partial charge in [0.1, 0.15) is 10.8 Å². The minimum absolute atomic E-state index is 0.00980. The largest absolute Gasteiger partial charge is 0.422 e. The number of para-hydroxylation sites is 1. The predicted molar refractivity (Wildman–Crippen MR) is 115 cm³/mol. The molecule has 1 aliphatic rings. The summed E-state index contributed by atoms with van der Waals surface area (Å²) in [5.41, 5.74) is 0.717. The molecular formula is C22H23ClFN3O3. The number of carbonyl (C=O) groups is 2. The molecule has 0 radical (unpaired) electrons. The van der Waals surface area contributed by atoms with E-state index in [0.717, 1.165) is 38.1 Å². The Morgan fingerprint density at radius 1 is 1.13 bits per heavy atom. The fourth-order valence-electron chi connectivity index (χ4n) is 3.09. The number of carbonyl (C=O) groups excluding carboxylic acids is 2. The minimum Gasteiger partial charge on any atom is -0.422 e. The molecule has 0 aromatic heterocycles. The van der Waals surface area contributed by atoms with E-state index in [9.17, 15) is 14.0 Å². The van der Waals surface area contributed by atoms with Gasteiger partial charge in [-0.2, -0.15) is 0 Å². The van der Waals surface area contributed by atoms with Crippen molar-refractivity contribution in [2.24, 2.45) is 0 Å². The van der Waals surface area contributed by atoms with Crippen molar-refractivity contribution in [3.63, 3.8) is 0 Å². The Labute approximate surface area is 179 Å². The standard InChI is InChI=1S/C22H23ClFN3O3/c1-27-13-11-16(12-14-27)26-22-17(24)7-8-18(21(22)23)30-20(29)10-9-19(28)25-15-5-3-2-4-6-15/h2-10,16,26H,11-14H2,1H3,(H,25,28)/b10-9+. The van der Waals surface area contributed by atoms with E-state index in [-0.39, 0.29) is 22.5 Å². The highest BCUT2D eigenvalue weighted by Crippen LogP contribution is 2.35. The van der Waals surface area contributed by atoms with Crippen LogP contribution in [0.2, 0.25) is 5.02 Å². The fourth-order valence-corrected chi connectivity index (χ4v) is 3.34. The van der Waals surface area contributed by atoms with Gasteiger partial charge in [-0.25, -0.2) is 9.18 Å². The van der Waals surface area contributed by atoms with Crippen molar-refractivity contribution in [1.29, 1.82) is 0 Å². The zero-order valence-corrected chi connectivity index (χ0v) is 17.3. The van der Waals surface area contributed by atoms with Crippen LogP contribution in [0.15, 0.2) is 54.6 Å². The van der Waals surface area contributed by atoms with Crippen LogP contribution in [0.3, 0.4) is 0 Å². The number of ether oxygens (including phenoxy) is 1. The third kappa shape index (κ3) is 6.05. The van der Waals surface area contributed by atoms with Crippen LogP contribution in [0.4, 0.5) is 15.8 Å². The average molecular weight is 432 g/mol. The third-order valence-electron chi connectivity index (χ3n) is 4.75. The Morgan fingerprint density at radius 3 is 2.53 bits per heavy atom. The van der Waals surface area contributed by atoms with Crippen molar-refractivity contribution in [3.8, 4) is 5.75 Å². The molecule has 0 atom stereocenters. The van der Waals surface area contributed by atoms with Crippen molar-refractivity contribution in [2.45, 2.75) is 18.9 Å². The Balaban J connectivity index is 1.61. The van der Waals surface area contributed by atoms with Gasteiger partial charge in [0.25, 0.3) is 0 Å². The van der Waals surface area contributed by atoms with Gasteiger partial charge < -0.3 is 20.3 Å². The third-order valence-corrected chi connectivity index (χ3v) is 5.12. The predicted octanol–water partition coefficient (Wildman–Crippen LogP) is 4.09. The molecule has 2 aromatic rings. The Hall–Kier alpha value is -2.90. The molecule has 2 aromatic carbocycles. The molecule has 0 aliphatic carbocycles. The molecule has 30 heavy (non-hydrogen) atoms. The fraction of sp³-hybridized carbons (Fsp3) is 0.273. The van der Waals surface area contributed by atoms with E-state index >= 15 is 0 Å². The molecule has 0 unspecified atom stereocenters. The quantitative estimate of drug-likeness (QED) is 0.409. The first-order valence-corrected chi connectivity index (χ1v) is 9.99. The van der Waals surface area contributed by atoms with Crippen molar-refractivity contribution < 1.29 is 18.7 Å². The summed E-state index contributed by atoms with van der Waals surface area (Å²) in [7, 11) is 2.04. The van der Waals surface area contributed by atoms with E-state index in [2.05, 4.69) is 15.5 Å². The van der Waals surface area contributed by atoms with Gasteiger partial charge in [-0.15, -0.1) is 0 Å². The Kier molecular flexibility index (Phi) is 7.43. The average Bonchev–Trinajstić information content (AvgIpc) is 2.74. The Morgan fingerprint density at radius 2 is 1.83 bits per heavy atom. The number of amides is 1. The van der Waals surface area contributed by atoms with Crippen LogP contribution < -0.4 is 15.4 Å². The summed E-state index contributed by atoms with van der Waals surface area (Å²) in [5.74, 6) is -1.77. The van der Waals surface area contributed by atoms with Crippen LogP contribution in [0.1, 0.15) is 12.8 Å². The van der Waals surface area contributed by atoms with Crippen LogP contribution in [-0.4, -0.2) is 43.0 Å². The first kappa shape index (κ1) is 21.8. The summed E-state index contributed by atoms with van der Waals surface area (Å²) in [4.78, 5) is 26.2. The first-order chi connectivity index (χ1) is 14.4. The van der Waals surface area contributed by atoms with Crippen LogP contribution in [0, 0.1) is 5.82 Å². The number of benzene rings is 2. The second-order valence-corrected chi connectivity index (χ2v) is 7.44. The van der Waals surface area contributed by atoms with Gasteiger partial charge >= 0.3 is 5.97 Å². The SMILES string of the molecule is CN1CCC(Nc2c(F)ccc(OC(=O)/C=C/C(=O)Nc3ccccc3)c2Cl)CC1. The molecule has 1 amide bonds. The van der Waals surface area contributed by atoms with Crippen LogP contribution in [0.5, 0.6) is 5.75 Å². The number of hydrogen-bond donors (Lipinski definition) is 2. The van der Waals surface area contributed by atoms with Crippen LogP contribution in [0.25, 0.3) is 0 Å². The molecule has 0 bridgehead atoms. The highest BCUT2D eigenvalue weighted by molar-refractivity contribution is 6.34. The molecule has 8 heteroatoms. The second kappa shape index (κ2) is 10.2. The lowest BCUT2D eigenvalue weighted by atomic mass is 10.1. The summed E-state index contributed by atoms with van der Waals surface area (Å²) in [6.45, 7) is 1.81. The van der Waals surface area contributed by atoms with Gasteiger partial charge in [0, 0.05) is 23.9 Å². The smallest absolute Gasteiger partial charge is 0.336 e. The van der Waals surface area contributed by atoms with E-state index in [1.165, 1.54) is 12.1 Å². The number of nitrogens with one attached hydrogen (secondary N) is 2. The maximum Gasteiger partial charge on any atom is 0.336 e. The number of hydrogen-bond acceptors (Lipinski definition) is 5. The normalized spacial score (nSPS) is 15.2. The van der Waals surface area contributed by atoms with Gasteiger partial charge in [0.2, 0.25) is 5.91 Å². The summed E-state index contributed by atoms with van der Waals surface area (Å²) >= 11 is 6.28. The van der Waals surface area contributed by atoms with Crippen LogP contribution in [-0.2, 0) is 9.59 Å². The molecule has 1 aliphatic heterocycles. The number of esters is 1. The van der Waals surface area contributed by atoms with Gasteiger partial charge in [0.15, 0.2) is 5.75 Å². The molecule has 0 spiro atoms. The van der Waals surface area contributed by atoms with Crippen molar-refractivity contribution in [1.82, 2.24) is 4.90 Å². The monoisotopic (exact) mass is 431 g/mol. The highest BCUT2D eigenvalue weighted by Gasteiger charge is 2.21. The Bertz CT molecular complexity index is 929. The molecule has 3 rings (SSSR count). The van der Waals surface area contributed by atoms with Gasteiger partial charge in [0.05, 0.1) is 5.69 Å². The number of rotatable bonds is 6. The molecule has 0 saturated carbocycles. The number of halogens is 2. The molecule has 1 fully saturated rings. The lowest BCUT2D eigenvalue weighted by Gasteiger charge is -2.30. The maximum atomic E-state index is 14.3. The number of piperidine rings is 1. The van der Waals surface area contributed by atoms with E-state index in [0.29, 0.717) is 5.69 Å². The lowest BCUT2D eigenvalue weighted by Crippen LogP contribution is -2.36. The highest BCUT2D eigenvalue weighted by atomic mass is 35.5. The minimum atomic E-state index is -0.794. The topological polar surface area (TPSA) is 70.7 Å². The summed E-state index contributed by atoms with van der Waals surface area (Å²) in [6, 6.07) is 11.4. The van der Waals surface area contributed by atoms with Gasteiger partial charge in [-0.05, 0) is 57.2 Å². The maximum absolute atomic E-state index is 14.3. The van der Waals surface area contributed by atoms with Crippen molar-refractivity contribution in [2.75, 3.05) is 30.8 Å². The van der Waals surface area contributed by atoms with E-state index in [1.54, 1.807) is 24.3 Å². The second-order valence-electron chi connectivity index (χ2n) is 7.07. The van der Waals surface area contributed by atoms with Crippen molar-refractivity contribution in [3.05, 3.63) is 65.5 Å². The molecule has 6 nitrogen and oxygen atoms in total. The zero-order valence-electron chi connectivity index (χ0n) is 16.5. The molecule has 158 valence electrons. The first-order valence-electron chi connectivity index (χ1n) is 9.61. The summed E-state index contributed by atoms with van der Waals surface area (Å²) in [5, 5.41) is 5.73. The van der Waals surface area contributed by atoms with Crippen LogP contribution >= 0.6 is 11.6 Å².